The zero-order valence-corrected chi connectivity index (χ0v) is 12.2. The summed E-state index contributed by atoms with van der Waals surface area (Å²) in [5, 5.41) is 20.4. The minimum absolute atomic E-state index is 0.177. The van der Waals surface area contributed by atoms with Crippen molar-refractivity contribution in [2.45, 2.75) is 12.6 Å². The average molecular weight is 322 g/mol. The zero-order valence-electron chi connectivity index (χ0n) is 12.2. The topological polar surface area (TPSA) is 139 Å². The Morgan fingerprint density at radius 3 is 2.43 bits per heavy atom. The van der Waals surface area contributed by atoms with E-state index < -0.39 is 41.8 Å². The first-order valence-corrected chi connectivity index (χ1v) is 7.07. The van der Waals surface area contributed by atoms with Crippen molar-refractivity contribution in [1.82, 2.24) is 5.32 Å². The van der Waals surface area contributed by atoms with E-state index in [9.17, 15) is 14.4 Å². The van der Waals surface area contributed by atoms with E-state index in [1.165, 1.54) is 0 Å². The van der Waals surface area contributed by atoms with Crippen molar-refractivity contribution in [2.75, 3.05) is 6.61 Å². The second-order valence-electron chi connectivity index (χ2n) is 5.41. The molecule has 0 aromatic heterocycles. The summed E-state index contributed by atoms with van der Waals surface area (Å²) < 4.78 is 4.97. The summed E-state index contributed by atoms with van der Waals surface area (Å²) in [6.45, 7) is 0.105. The average Bonchev–Trinajstić information content (AvgIpc) is 3.25. The summed E-state index contributed by atoms with van der Waals surface area (Å²) in [5.41, 5.74) is 6.36. The van der Waals surface area contributed by atoms with Gasteiger partial charge in [-0.25, -0.2) is 4.79 Å². The van der Waals surface area contributed by atoms with Gasteiger partial charge in [0, 0.05) is 18.4 Å². The van der Waals surface area contributed by atoms with Gasteiger partial charge in [-0.2, -0.15) is 0 Å². The summed E-state index contributed by atoms with van der Waals surface area (Å²) in [4.78, 5) is 33.5. The van der Waals surface area contributed by atoms with Gasteiger partial charge < -0.3 is 26.0 Å². The number of hydrogen-bond acceptors (Lipinski definition) is 5. The standard InChI is InChI=1S/C15H18N2O6/c16-12(14(20)21)10-9(11(10)13(18)19)7-23-15(22)17-6-8-4-2-1-3-5-8/h1-5,9-12H,6-7,16H2,(H,17,22)(H,18,19)(H,20,21). The van der Waals surface area contributed by atoms with Gasteiger partial charge in [0.25, 0.3) is 0 Å². The van der Waals surface area contributed by atoms with Crippen LogP contribution in [0.5, 0.6) is 0 Å². The lowest BCUT2D eigenvalue weighted by Gasteiger charge is -2.08. The van der Waals surface area contributed by atoms with E-state index in [0.717, 1.165) is 5.56 Å². The van der Waals surface area contributed by atoms with Crippen LogP contribution in [0.25, 0.3) is 0 Å². The minimum Gasteiger partial charge on any atom is -0.481 e. The molecular formula is C15H18N2O6. The third-order valence-electron chi connectivity index (χ3n) is 3.90. The van der Waals surface area contributed by atoms with Crippen LogP contribution in [-0.2, 0) is 20.9 Å². The van der Waals surface area contributed by atoms with Crippen molar-refractivity contribution in [3.8, 4) is 0 Å². The van der Waals surface area contributed by atoms with Gasteiger partial charge in [0.2, 0.25) is 0 Å². The number of aliphatic carboxylic acids is 2. The highest BCUT2D eigenvalue weighted by atomic mass is 16.5. The Morgan fingerprint density at radius 2 is 1.87 bits per heavy atom. The second-order valence-corrected chi connectivity index (χ2v) is 5.41. The fourth-order valence-electron chi connectivity index (χ4n) is 2.61. The maximum absolute atomic E-state index is 11.6. The van der Waals surface area contributed by atoms with Crippen LogP contribution in [0.15, 0.2) is 30.3 Å². The fraction of sp³-hybridized carbons (Fsp3) is 0.400. The zero-order chi connectivity index (χ0) is 17.0. The van der Waals surface area contributed by atoms with Crippen LogP contribution < -0.4 is 11.1 Å². The highest BCUT2D eigenvalue weighted by Gasteiger charge is 2.60. The maximum atomic E-state index is 11.6. The molecule has 5 N–H and O–H groups in total. The number of ether oxygens (including phenoxy) is 1. The molecular weight excluding hydrogens is 304 g/mol. The molecule has 1 fully saturated rings. The molecule has 2 rings (SSSR count). The van der Waals surface area contributed by atoms with Crippen LogP contribution in [0.3, 0.4) is 0 Å². The summed E-state index contributed by atoms with van der Waals surface area (Å²) in [6, 6.07) is 7.92. The second kappa shape index (κ2) is 7.10. The smallest absolute Gasteiger partial charge is 0.407 e. The molecule has 0 aliphatic heterocycles. The molecule has 0 bridgehead atoms. The highest BCUT2D eigenvalue weighted by molar-refractivity contribution is 5.80. The van der Waals surface area contributed by atoms with Gasteiger partial charge in [-0.15, -0.1) is 0 Å². The molecule has 23 heavy (non-hydrogen) atoms. The number of carboxylic acids is 2. The molecule has 1 aliphatic carbocycles. The number of hydrogen-bond donors (Lipinski definition) is 4. The molecule has 1 amide bonds. The van der Waals surface area contributed by atoms with Crippen molar-refractivity contribution < 1.29 is 29.3 Å². The largest absolute Gasteiger partial charge is 0.481 e. The van der Waals surface area contributed by atoms with Crippen molar-refractivity contribution in [3.05, 3.63) is 35.9 Å². The van der Waals surface area contributed by atoms with Gasteiger partial charge in [-0.05, 0) is 5.56 Å². The Balaban J connectivity index is 1.79. The van der Waals surface area contributed by atoms with Crippen LogP contribution in [0.1, 0.15) is 5.56 Å². The van der Waals surface area contributed by atoms with Gasteiger partial charge in [0.05, 0.1) is 12.5 Å². The first kappa shape index (κ1) is 16.8. The number of carboxylic acid groups (broad SMARTS) is 2. The normalized spacial score (nSPS) is 23.6. The van der Waals surface area contributed by atoms with Gasteiger partial charge in [0.15, 0.2) is 0 Å². The van der Waals surface area contributed by atoms with Crippen LogP contribution >= 0.6 is 0 Å². The predicted molar refractivity (Wildman–Crippen MR) is 78.3 cm³/mol. The summed E-state index contributed by atoms with van der Waals surface area (Å²) >= 11 is 0. The molecule has 0 radical (unpaired) electrons. The number of carbonyl (C=O) groups is 3. The lowest BCUT2D eigenvalue weighted by atomic mass is 10.1. The lowest BCUT2D eigenvalue weighted by molar-refractivity contribution is -0.140. The van der Waals surface area contributed by atoms with E-state index in [-0.39, 0.29) is 13.2 Å². The molecule has 1 saturated carbocycles. The Hall–Kier alpha value is -2.61. The molecule has 4 unspecified atom stereocenters. The SMILES string of the molecule is NC(C(=O)O)C1C(COC(=O)NCc2ccccc2)C1C(=O)O. The summed E-state index contributed by atoms with van der Waals surface area (Å²) in [6.07, 6.45) is -0.687. The molecule has 124 valence electrons. The van der Waals surface area contributed by atoms with E-state index in [0.29, 0.717) is 0 Å². The molecule has 0 spiro atoms. The third kappa shape index (κ3) is 4.19. The summed E-state index contributed by atoms with van der Waals surface area (Å²) in [7, 11) is 0. The molecule has 1 aromatic rings. The van der Waals surface area contributed by atoms with Crippen LogP contribution in [0.4, 0.5) is 4.79 Å². The van der Waals surface area contributed by atoms with E-state index in [4.69, 9.17) is 20.7 Å². The molecule has 8 nitrogen and oxygen atoms in total. The molecule has 1 aromatic carbocycles. The van der Waals surface area contributed by atoms with E-state index in [1.807, 2.05) is 30.3 Å². The third-order valence-corrected chi connectivity index (χ3v) is 3.90. The van der Waals surface area contributed by atoms with Crippen molar-refractivity contribution >= 4 is 18.0 Å². The van der Waals surface area contributed by atoms with E-state index >= 15 is 0 Å². The van der Waals surface area contributed by atoms with E-state index in [1.54, 1.807) is 0 Å². The first-order chi connectivity index (χ1) is 10.9. The molecule has 4 atom stereocenters. The van der Waals surface area contributed by atoms with Crippen molar-refractivity contribution in [1.29, 1.82) is 0 Å². The van der Waals surface area contributed by atoms with Crippen LogP contribution in [0.2, 0.25) is 0 Å². The predicted octanol–water partition coefficient (Wildman–Crippen LogP) is 0.271. The number of rotatable bonds is 7. The van der Waals surface area contributed by atoms with Crippen molar-refractivity contribution in [2.24, 2.45) is 23.5 Å². The number of amides is 1. The number of carbonyl (C=O) groups excluding carboxylic acids is 1. The summed E-state index contributed by atoms with van der Waals surface area (Å²) in [5.74, 6) is -4.61. The quantitative estimate of drug-likeness (QED) is 0.565. The number of alkyl carbamates (subject to hydrolysis) is 1. The number of benzene rings is 1. The molecule has 0 saturated heterocycles. The molecule has 8 heteroatoms. The highest BCUT2D eigenvalue weighted by Crippen LogP contribution is 2.48. The van der Waals surface area contributed by atoms with Gasteiger partial charge in [0.1, 0.15) is 6.04 Å². The Labute approximate surface area is 132 Å². The number of nitrogens with one attached hydrogen (secondary N) is 1. The van der Waals surface area contributed by atoms with Crippen molar-refractivity contribution in [3.63, 3.8) is 0 Å². The van der Waals surface area contributed by atoms with Gasteiger partial charge in [-0.1, -0.05) is 30.3 Å². The van der Waals surface area contributed by atoms with E-state index in [2.05, 4.69) is 5.32 Å². The molecule has 1 aliphatic rings. The number of nitrogens with two attached hydrogens (primary N) is 1. The molecule has 0 heterocycles. The Kier molecular flexibility index (Phi) is 5.17. The van der Waals surface area contributed by atoms with Crippen LogP contribution in [-0.4, -0.2) is 40.9 Å². The van der Waals surface area contributed by atoms with Crippen LogP contribution in [0, 0.1) is 17.8 Å². The van der Waals surface area contributed by atoms with Gasteiger partial charge in [-0.3, -0.25) is 9.59 Å². The minimum atomic E-state index is -1.28. The van der Waals surface area contributed by atoms with Gasteiger partial charge >= 0.3 is 18.0 Å². The lowest BCUT2D eigenvalue weighted by Crippen LogP contribution is -2.34. The Morgan fingerprint density at radius 1 is 1.22 bits per heavy atom. The first-order valence-electron chi connectivity index (χ1n) is 7.07. The Bertz CT molecular complexity index is 591. The monoisotopic (exact) mass is 322 g/mol. The fourth-order valence-corrected chi connectivity index (χ4v) is 2.61. The maximum Gasteiger partial charge on any atom is 0.407 e.